The third kappa shape index (κ3) is 5.33. The second-order valence-corrected chi connectivity index (χ2v) is 10.7. The average Bonchev–Trinajstić information content (AvgIpc) is 3.42. The standard InChI is InChI=1S/C24H26ClN3O3S/c1-23(2,3)31-22(30)27-21-28-24(13-17(24)9-10-32-21)16-6-4-5-15(11-16)12-20(29)19-8-7-18(25)14-26-19/h4-8,11,14,17H,9-10,12-13H2,1-3H3,(H,27,28,30)/t17-,24-/m1/s1. The summed E-state index contributed by atoms with van der Waals surface area (Å²) in [5, 5.41) is 3.91. The van der Waals surface area contributed by atoms with Gasteiger partial charge in [0.05, 0.1) is 10.6 Å². The molecule has 1 aromatic heterocycles. The number of halogens is 1. The van der Waals surface area contributed by atoms with Gasteiger partial charge < -0.3 is 4.74 Å². The van der Waals surface area contributed by atoms with E-state index in [1.165, 1.54) is 6.20 Å². The number of benzene rings is 1. The summed E-state index contributed by atoms with van der Waals surface area (Å²) in [7, 11) is 0. The summed E-state index contributed by atoms with van der Waals surface area (Å²) in [6.45, 7) is 5.50. The van der Waals surface area contributed by atoms with Crippen LogP contribution in [-0.4, -0.2) is 33.4 Å². The summed E-state index contributed by atoms with van der Waals surface area (Å²) >= 11 is 7.41. The molecule has 6 nitrogen and oxygen atoms in total. The molecule has 0 radical (unpaired) electrons. The van der Waals surface area contributed by atoms with Gasteiger partial charge in [0.2, 0.25) is 0 Å². The maximum atomic E-state index is 12.6. The van der Waals surface area contributed by atoms with Crippen molar-refractivity contribution in [1.82, 2.24) is 10.3 Å². The van der Waals surface area contributed by atoms with E-state index in [1.807, 2.05) is 32.9 Å². The zero-order chi connectivity index (χ0) is 22.9. The van der Waals surface area contributed by atoms with Crippen molar-refractivity contribution in [2.24, 2.45) is 10.9 Å². The zero-order valence-corrected chi connectivity index (χ0v) is 19.9. The number of Topliss-reactive ketones (excluding diaryl/α,β-unsaturated/α-hetero) is 1. The lowest BCUT2D eigenvalue weighted by molar-refractivity contribution is 0.0564. The number of aromatic nitrogens is 1. The Hall–Kier alpha value is -2.38. The number of hydrogen-bond acceptors (Lipinski definition) is 6. The van der Waals surface area contributed by atoms with Crippen LogP contribution in [-0.2, 0) is 16.7 Å². The van der Waals surface area contributed by atoms with Gasteiger partial charge >= 0.3 is 6.09 Å². The van der Waals surface area contributed by atoms with E-state index in [1.54, 1.807) is 23.9 Å². The minimum Gasteiger partial charge on any atom is -0.444 e. The Morgan fingerprint density at radius 1 is 1.28 bits per heavy atom. The van der Waals surface area contributed by atoms with E-state index in [4.69, 9.17) is 21.3 Å². The molecule has 2 heterocycles. The quantitative estimate of drug-likeness (QED) is 0.604. The lowest BCUT2D eigenvalue weighted by Crippen LogP contribution is -2.35. The number of thioether (sulfide) groups is 1. The second kappa shape index (κ2) is 8.87. The molecule has 1 N–H and O–H groups in total. The fraction of sp³-hybridized carbons (Fsp3) is 0.417. The van der Waals surface area contributed by atoms with Gasteiger partial charge in [-0.05, 0) is 62.8 Å². The normalized spacial score (nSPS) is 22.2. The maximum absolute atomic E-state index is 12.6. The molecule has 2 atom stereocenters. The highest BCUT2D eigenvalue weighted by Gasteiger charge is 2.56. The molecule has 32 heavy (non-hydrogen) atoms. The van der Waals surface area contributed by atoms with Crippen LogP contribution >= 0.6 is 23.4 Å². The van der Waals surface area contributed by atoms with Crippen LogP contribution < -0.4 is 5.32 Å². The molecule has 0 saturated heterocycles. The minimum atomic E-state index is -0.570. The number of aliphatic imine (C=N–C) groups is 1. The highest BCUT2D eigenvalue weighted by Crippen LogP contribution is 2.59. The Kier molecular flexibility index (Phi) is 6.32. The summed E-state index contributed by atoms with van der Waals surface area (Å²) in [5.74, 6) is 1.26. The number of fused-ring (bicyclic) bond motifs is 1. The minimum absolute atomic E-state index is 0.0594. The number of amides is 1. The molecule has 2 aliphatic rings. The molecule has 1 amide bonds. The first-order valence-electron chi connectivity index (χ1n) is 10.6. The number of alkyl carbamates (subject to hydrolysis) is 1. The van der Waals surface area contributed by atoms with Crippen molar-refractivity contribution >= 4 is 40.4 Å². The number of carbonyl (C=O) groups is 2. The fourth-order valence-corrected chi connectivity index (χ4v) is 5.04. The number of pyridine rings is 1. The summed E-state index contributed by atoms with van der Waals surface area (Å²) < 4.78 is 5.39. The topological polar surface area (TPSA) is 80.6 Å². The van der Waals surface area contributed by atoms with Gasteiger partial charge in [-0.15, -0.1) is 0 Å². The molecule has 1 fully saturated rings. The largest absolute Gasteiger partial charge is 0.444 e. The van der Waals surface area contributed by atoms with Gasteiger partial charge in [0.15, 0.2) is 11.0 Å². The van der Waals surface area contributed by atoms with Crippen LogP contribution in [0.5, 0.6) is 0 Å². The van der Waals surface area contributed by atoms with Crippen molar-refractivity contribution in [3.8, 4) is 0 Å². The molecule has 4 rings (SSSR count). The number of ketones is 1. The van der Waals surface area contributed by atoms with Gasteiger partial charge in [0.1, 0.15) is 11.3 Å². The molecule has 0 spiro atoms. The van der Waals surface area contributed by atoms with Crippen LogP contribution in [0.15, 0.2) is 47.6 Å². The number of ether oxygens (including phenoxy) is 1. The number of hydrogen-bond donors (Lipinski definition) is 1. The first-order chi connectivity index (χ1) is 15.1. The number of carbonyl (C=O) groups excluding carboxylic acids is 2. The highest BCUT2D eigenvalue weighted by atomic mass is 35.5. The SMILES string of the molecule is CC(C)(C)OC(=O)NC1=N[C@@]2(c3cccc(CC(=O)c4ccc(Cl)cn4)c3)C[C@H]2CCS1. The van der Waals surface area contributed by atoms with E-state index in [0.29, 0.717) is 21.8 Å². The Bertz CT molecular complexity index is 1060. The third-order valence-corrected chi connectivity index (χ3v) is 6.62. The van der Waals surface area contributed by atoms with E-state index in [-0.39, 0.29) is 17.7 Å². The molecular weight excluding hydrogens is 446 g/mol. The summed E-state index contributed by atoms with van der Waals surface area (Å²) in [6, 6.07) is 11.3. The van der Waals surface area contributed by atoms with Crippen molar-refractivity contribution in [3.63, 3.8) is 0 Å². The number of amidine groups is 1. The molecular formula is C24H26ClN3O3S. The molecule has 8 heteroatoms. The molecule has 1 aliphatic carbocycles. The summed E-state index contributed by atoms with van der Waals surface area (Å²) in [4.78, 5) is 34.0. The van der Waals surface area contributed by atoms with Gasteiger partial charge in [-0.1, -0.05) is 47.6 Å². The van der Waals surface area contributed by atoms with Crippen LogP contribution in [0.2, 0.25) is 5.02 Å². The first-order valence-corrected chi connectivity index (χ1v) is 12.0. The first kappa shape index (κ1) is 22.8. The molecule has 1 aromatic carbocycles. The van der Waals surface area contributed by atoms with Crippen LogP contribution in [0.3, 0.4) is 0 Å². The van der Waals surface area contributed by atoms with E-state index in [0.717, 1.165) is 29.7 Å². The predicted octanol–water partition coefficient (Wildman–Crippen LogP) is 5.39. The fourth-order valence-electron chi connectivity index (χ4n) is 3.95. The van der Waals surface area contributed by atoms with Gasteiger partial charge in [-0.25, -0.2) is 4.79 Å². The van der Waals surface area contributed by atoms with Crippen LogP contribution in [0.1, 0.15) is 55.2 Å². The molecule has 0 unspecified atom stereocenters. The molecule has 2 aromatic rings. The monoisotopic (exact) mass is 471 g/mol. The Morgan fingerprint density at radius 2 is 2.09 bits per heavy atom. The number of rotatable bonds is 4. The van der Waals surface area contributed by atoms with E-state index < -0.39 is 11.7 Å². The van der Waals surface area contributed by atoms with Gasteiger partial charge in [0.25, 0.3) is 0 Å². The van der Waals surface area contributed by atoms with Gasteiger partial charge in [0, 0.05) is 18.4 Å². The molecule has 1 aliphatic heterocycles. The predicted molar refractivity (Wildman–Crippen MR) is 127 cm³/mol. The Morgan fingerprint density at radius 3 is 2.81 bits per heavy atom. The Balaban J connectivity index is 1.53. The maximum Gasteiger partial charge on any atom is 0.413 e. The van der Waals surface area contributed by atoms with Crippen LogP contribution in [0.4, 0.5) is 4.79 Å². The average molecular weight is 472 g/mol. The van der Waals surface area contributed by atoms with Crippen LogP contribution in [0.25, 0.3) is 0 Å². The zero-order valence-electron chi connectivity index (χ0n) is 18.4. The molecule has 0 bridgehead atoms. The van der Waals surface area contributed by atoms with Crippen molar-refractivity contribution < 1.29 is 14.3 Å². The summed E-state index contributed by atoms with van der Waals surface area (Å²) in [6.07, 6.45) is 3.20. The number of nitrogens with zero attached hydrogens (tertiary/aromatic N) is 2. The lowest BCUT2D eigenvalue weighted by atomic mass is 9.97. The van der Waals surface area contributed by atoms with Crippen molar-refractivity contribution in [1.29, 1.82) is 0 Å². The Labute approximate surface area is 197 Å². The second-order valence-electron chi connectivity index (χ2n) is 9.17. The molecule has 1 saturated carbocycles. The van der Waals surface area contributed by atoms with E-state index in [9.17, 15) is 9.59 Å². The lowest BCUT2D eigenvalue weighted by Gasteiger charge is -2.20. The summed E-state index contributed by atoms with van der Waals surface area (Å²) in [5.41, 5.74) is 1.46. The van der Waals surface area contributed by atoms with Crippen molar-refractivity contribution in [2.75, 3.05) is 5.75 Å². The van der Waals surface area contributed by atoms with Crippen molar-refractivity contribution in [3.05, 3.63) is 64.4 Å². The third-order valence-electron chi connectivity index (χ3n) is 5.49. The number of nitrogens with one attached hydrogen (secondary N) is 1. The van der Waals surface area contributed by atoms with Gasteiger partial charge in [-0.2, -0.15) is 0 Å². The van der Waals surface area contributed by atoms with Crippen LogP contribution in [0, 0.1) is 5.92 Å². The van der Waals surface area contributed by atoms with E-state index >= 15 is 0 Å². The van der Waals surface area contributed by atoms with Gasteiger partial charge in [-0.3, -0.25) is 20.1 Å². The highest BCUT2D eigenvalue weighted by molar-refractivity contribution is 8.13. The van der Waals surface area contributed by atoms with E-state index in [2.05, 4.69) is 22.4 Å². The van der Waals surface area contributed by atoms with Crippen molar-refractivity contribution in [2.45, 2.75) is 51.2 Å². The smallest absolute Gasteiger partial charge is 0.413 e. The molecule has 168 valence electrons.